The number of nitrogens with one attached hydrogen (secondary N) is 1. The summed E-state index contributed by atoms with van der Waals surface area (Å²) in [6, 6.07) is 13.6. The SMILES string of the molecule is Cc1ccc(C(=O)Nc2cc(C)n(Cc3cccc(Cl)c3)n2)cc1[N+](=O)[O-]. The van der Waals surface area contributed by atoms with E-state index in [9.17, 15) is 14.9 Å². The molecule has 3 rings (SSSR count). The minimum atomic E-state index is -0.504. The largest absolute Gasteiger partial charge is 0.305 e. The quantitative estimate of drug-likeness (QED) is 0.522. The molecular weight excluding hydrogens is 368 g/mol. The van der Waals surface area contributed by atoms with Crippen LogP contribution in [0.15, 0.2) is 48.5 Å². The molecule has 0 atom stereocenters. The molecule has 0 radical (unpaired) electrons. The highest BCUT2D eigenvalue weighted by molar-refractivity contribution is 6.30. The van der Waals surface area contributed by atoms with Gasteiger partial charge in [-0.1, -0.05) is 29.8 Å². The lowest BCUT2D eigenvalue weighted by Gasteiger charge is -2.05. The van der Waals surface area contributed by atoms with Crippen LogP contribution in [0.25, 0.3) is 0 Å². The number of hydrogen-bond acceptors (Lipinski definition) is 4. The van der Waals surface area contributed by atoms with Crippen molar-refractivity contribution in [3.05, 3.63) is 86.1 Å². The molecule has 0 aliphatic heterocycles. The van der Waals surface area contributed by atoms with E-state index in [2.05, 4.69) is 10.4 Å². The van der Waals surface area contributed by atoms with Crippen molar-refractivity contribution in [2.45, 2.75) is 20.4 Å². The van der Waals surface area contributed by atoms with Crippen molar-refractivity contribution < 1.29 is 9.72 Å². The monoisotopic (exact) mass is 384 g/mol. The molecule has 0 fully saturated rings. The number of nitro benzene ring substituents is 1. The number of carbonyl (C=O) groups is 1. The molecule has 3 aromatic rings. The van der Waals surface area contributed by atoms with E-state index in [1.807, 2.05) is 25.1 Å². The third-order valence-corrected chi connectivity index (χ3v) is 4.35. The number of amides is 1. The molecule has 0 aliphatic rings. The van der Waals surface area contributed by atoms with E-state index in [0.29, 0.717) is 22.9 Å². The van der Waals surface area contributed by atoms with Crippen LogP contribution in [0.4, 0.5) is 11.5 Å². The predicted octanol–water partition coefficient (Wildman–Crippen LogP) is 4.36. The maximum absolute atomic E-state index is 12.4. The fourth-order valence-electron chi connectivity index (χ4n) is 2.68. The fourth-order valence-corrected chi connectivity index (χ4v) is 2.89. The van der Waals surface area contributed by atoms with Gasteiger partial charge in [0, 0.05) is 34.0 Å². The summed E-state index contributed by atoms with van der Waals surface area (Å²) in [6.45, 7) is 4.02. The van der Waals surface area contributed by atoms with Crippen LogP contribution in [0, 0.1) is 24.0 Å². The average Bonchev–Trinajstić information content (AvgIpc) is 2.94. The Morgan fingerprint density at radius 3 is 2.70 bits per heavy atom. The molecule has 8 heteroatoms. The van der Waals surface area contributed by atoms with Gasteiger partial charge in [-0.15, -0.1) is 0 Å². The number of nitro groups is 1. The van der Waals surface area contributed by atoms with E-state index in [0.717, 1.165) is 11.3 Å². The highest BCUT2D eigenvalue weighted by Gasteiger charge is 2.16. The average molecular weight is 385 g/mol. The first-order valence-corrected chi connectivity index (χ1v) is 8.56. The van der Waals surface area contributed by atoms with Crippen molar-refractivity contribution in [3.63, 3.8) is 0 Å². The second-order valence-corrected chi connectivity index (χ2v) is 6.61. The Kier molecular flexibility index (Phi) is 5.23. The van der Waals surface area contributed by atoms with Crippen LogP contribution in [0.5, 0.6) is 0 Å². The first-order chi connectivity index (χ1) is 12.8. The zero-order chi connectivity index (χ0) is 19.6. The van der Waals surface area contributed by atoms with Crippen LogP contribution < -0.4 is 5.32 Å². The summed E-state index contributed by atoms with van der Waals surface area (Å²) >= 11 is 6.00. The molecule has 1 aromatic heterocycles. The molecule has 0 saturated heterocycles. The Hall–Kier alpha value is -3.19. The molecule has 7 nitrogen and oxygen atoms in total. The highest BCUT2D eigenvalue weighted by atomic mass is 35.5. The van der Waals surface area contributed by atoms with E-state index >= 15 is 0 Å². The maximum atomic E-state index is 12.4. The molecule has 1 N–H and O–H groups in total. The number of aromatic nitrogens is 2. The third-order valence-electron chi connectivity index (χ3n) is 4.11. The molecule has 0 aliphatic carbocycles. The molecule has 1 heterocycles. The molecule has 2 aromatic carbocycles. The van der Waals surface area contributed by atoms with E-state index in [1.165, 1.54) is 6.07 Å². The molecule has 138 valence electrons. The van der Waals surface area contributed by atoms with Crippen molar-refractivity contribution in [1.82, 2.24) is 9.78 Å². The molecule has 1 amide bonds. The Bertz CT molecular complexity index is 1030. The second kappa shape index (κ2) is 7.59. The first-order valence-electron chi connectivity index (χ1n) is 8.19. The topological polar surface area (TPSA) is 90.1 Å². The summed E-state index contributed by atoms with van der Waals surface area (Å²) in [7, 11) is 0. The Morgan fingerprint density at radius 1 is 1.22 bits per heavy atom. The molecule has 0 saturated carbocycles. The molecular formula is C19H17ClN4O3. The lowest BCUT2D eigenvalue weighted by atomic mass is 10.1. The number of rotatable bonds is 5. The van der Waals surface area contributed by atoms with E-state index in [-0.39, 0.29) is 11.3 Å². The van der Waals surface area contributed by atoms with Crippen molar-refractivity contribution in [3.8, 4) is 0 Å². The number of aryl methyl sites for hydroxylation is 2. The van der Waals surface area contributed by atoms with Crippen LogP contribution in [0.3, 0.4) is 0 Å². The van der Waals surface area contributed by atoms with E-state index in [1.54, 1.807) is 35.9 Å². The van der Waals surface area contributed by atoms with Gasteiger partial charge in [0.1, 0.15) is 0 Å². The summed E-state index contributed by atoms with van der Waals surface area (Å²) in [6.07, 6.45) is 0. The van der Waals surface area contributed by atoms with Gasteiger partial charge in [-0.05, 0) is 37.6 Å². The van der Waals surface area contributed by atoms with Crippen LogP contribution in [0.1, 0.15) is 27.2 Å². The van der Waals surface area contributed by atoms with Crippen LogP contribution in [0.2, 0.25) is 5.02 Å². The lowest BCUT2D eigenvalue weighted by Crippen LogP contribution is -2.13. The minimum Gasteiger partial charge on any atom is -0.305 e. The van der Waals surface area contributed by atoms with Crippen molar-refractivity contribution >= 4 is 29.0 Å². The normalized spacial score (nSPS) is 10.6. The van der Waals surface area contributed by atoms with Crippen LogP contribution in [-0.4, -0.2) is 20.6 Å². The van der Waals surface area contributed by atoms with Gasteiger partial charge in [-0.3, -0.25) is 19.6 Å². The summed E-state index contributed by atoms with van der Waals surface area (Å²) in [4.78, 5) is 23.0. The van der Waals surface area contributed by atoms with Crippen LogP contribution in [-0.2, 0) is 6.54 Å². The fraction of sp³-hybridized carbons (Fsp3) is 0.158. The molecule has 0 spiro atoms. The first kappa shape index (κ1) is 18.6. The van der Waals surface area contributed by atoms with Gasteiger partial charge in [-0.2, -0.15) is 5.10 Å². The minimum absolute atomic E-state index is 0.0923. The van der Waals surface area contributed by atoms with Crippen molar-refractivity contribution in [2.75, 3.05) is 5.32 Å². The highest BCUT2D eigenvalue weighted by Crippen LogP contribution is 2.20. The van der Waals surface area contributed by atoms with Gasteiger partial charge in [0.25, 0.3) is 11.6 Å². The number of anilines is 1. The standard InChI is InChI=1S/C19H17ClN4O3/c1-12-6-7-15(10-17(12)24(26)27)19(25)21-18-8-13(2)23(22-18)11-14-4-3-5-16(20)9-14/h3-10H,11H2,1-2H3,(H,21,22,25). The molecule has 27 heavy (non-hydrogen) atoms. The zero-order valence-corrected chi connectivity index (χ0v) is 15.5. The van der Waals surface area contributed by atoms with Gasteiger partial charge in [0.05, 0.1) is 11.5 Å². The Balaban J connectivity index is 1.77. The molecule has 0 unspecified atom stereocenters. The van der Waals surface area contributed by atoms with Crippen molar-refractivity contribution in [1.29, 1.82) is 0 Å². The third kappa shape index (κ3) is 4.32. The summed E-state index contributed by atoms with van der Waals surface area (Å²) in [5.74, 6) is -0.0757. The Morgan fingerprint density at radius 2 is 2.00 bits per heavy atom. The summed E-state index contributed by atoms with van der Waals surface area (Å²) in [5, 5.41) is 18.8. The summed E-state index contributed by atoms with van der Waals surface area (Å²) in [5.41, 5.74) is 2.46. The van der Waals surface area contributed by atoms with Gasteiger partial charge in [0.2, 0.25) is 0 Å². The zero-order valence-electron chi connectivity index (χ0n) is 14.8. The Labute approximate surface area is 160 Å². The van der Waals surface area contributed by atoms with Crippen molar-refractivity contribution in [2.24, 2.45) is 0 Å². The van der Waals surface area contributed by atoms with Crippen LogP contribution >= 0.6 is 11.6 Å². The summed E-state index contributed by atoms with van der Waals surface area (Å²) < 4.78 is 1.75. The maximum Gasteiger partial charge on any atom is 0.273 e. The number of halogens is 1. The van der Waals surface area contributed by atoms with Gasteiger partial charge < -0.3 is 5.32 Å². The van der Waals surface area contributed by atoms with Gasteiger partial charge in [0.15, 0.2) is 5.82 Å². The molecule has 0 bridgehead atoms. The lowest BCUT2D eigenvalue weighted by molar-refractivity contribution is -0.385. The second-order valence-electron chi connectivity index (χ2n) is 6.17. The van der Waals surface area contributed by atoms with E-state index < -0.39 is 10.8 Å². The number of benzene rings is 2. The number of carbonyl (C=O) groups excluding carboxylic acids is 1. The predicted molar refractivity (Wildman–Crippen MR) is 103 cm³/mol. The van der Waals surface area contributed by atoms with E-state index in [4.69, 9.17) is 11.6 Å². The van der Waals surface area contributed by atoms with Gasteiger partial charge >= 0.3 is 0 Å². The van der Waals surface area contributed by atoms with Gasteiger partial charge in [-0.25, -0.2) is 0 Å². The smallest absolute Gasteiger partial charge is 0.273 e. The number of hydrogen-bond donors (Lipinski definition) is 1. The number of nitrogens with zero attached hydrogens (tertiary/aromatic N) is 3.